The highest BCUT2D eigenvalue weighted by atomic mass is 19.4. The van der Waals surface area contributed by atoms with Gasteiger partial charge in [-0.25, -0.2) is 0 Å². The van der Waals surface area contributed by atoms with E-state index in [1.54, 1.807) is 24.1 Å². The fourth-order valence-corrected chi connectivity index (χ4v) is 2.25. The molecule has 21 heavy (non-hydrogen) atoms. The Balaban J connectivity index is 2.12. The van der Waals surface area contributed by atoms with Crippen molar-refractivity contribution in [3.05, 3.63) is 29.8 Å². The smallest absolute Gasteiger partial charge is 0.422 e. The lowest BCUT2D eigenvalue weighted by Gasteiger charge is -2.24. The lowest BCUT2D eigenvalue weighted by atomic mass is 10.1. The van der Waals surface area contributed by atoms with E-state index in [-0.39, 0.29) is 23.3 Å². The topological polar surface area (TPSA) is 41.6 Å². The Morgan fingerprint density at radius 1 is 1.43 bits per heavy atom. The molecule has 1 aliphatic heterocycles. The zero-order valence-corrected chi connectivity index (χ0v) is 11.6. The van der Waals surface area contributed by atoms with E-state index < -0.39 is 12.8 Å². The summed E-state index contributed by atoms with van der Waals surface area (Å²) < 4.78 is 41.5. The van der Waals surface area contributed by atoms with Crippen LogP contribution in [-0.4, -0.2) is 49.8 Å². The molecule has 1 N–H and O–H groups in total. The highest BCUT2D eigenvalue weighted by molar-refractivity contribution is 5.97. The Labute approximate surface area is 120 Å². The molecule has 116 valence electrons. The summed E-state index contributed by atoms with van der Waals surface area (Å²) in [5.41, 5.74) is 0.149. The summed E-state index contributed by atoms with van der Waals surface area (Å²) >= 11 is 0. The second kappa shape index (κ2) is 6.34. The Morgan fingerprint density at radius 2 is 2.14 bits per heavy atom. The molecule has 0 aromatic heterocycles. The number of nitrogens with one attached hydrogen (secondary N) is 1. The van der Waals surface area contributed by atoms with Gasteiger partial charge in [-0.05, 0) is 25.1 Å². The van der Waals surface area contributed by atoms with Crippen LogP contribution in [0.3, 0.4) is 0 Å². The number of para-hydroxylation sites is 1. The number of halogens is 3. The monoisotopic (exact) mass is 302 g/mol. The molecule has 7 heteroatoms. The largest absolute Gasteiger partial charge is 0.483 e. The van der Waals surface area contributed by atoms with Gasteiger partial charge in [-0.1, -0.05) is 12.1 Å². The zero-order valence-electron chi connectivity index (χ0n) is 11.6. The van der Waals surface area contributed by atoms with Gasteiger partial charge in [0, 0.05) is 19.6 Å². The molecule has 0 radical (unpaired) electrons. The summed E-state index contributed by atoms with van der Waals surface area (Å²) in [5.74, 6) is -0.376. The van der Waals surface area contributed by atoms with Crippen molar-refractivity contribution < 1.29 is 22.7 Å². The predicted molar refractivity (Wildman–Crippen MR) is 71.4 cm³/mol. The minimum absolute atomic E-state index is 0.0439. The average Bonchev–Trinajstić information content (AvgIpc) is 2.97. The van der Waals surface area contributed by atoms with Crippen molar-refractivity contribution in [3.63, 3.8) is 0 Å². The Bertz CT molecular complexity index is 499. The van der Waals surface area contributed by atoms with Crippen molar-refractivity contribution in [1.82, 2.24) is 10.2 Å². The number of nitrogens with zero attached hydrogens (tertiary/aromatic N) is 1. The third-order valence-electron chi connectivity index (χ3n) is 3.41. The Kier molecular flexibility index (Phi) is 4.72. The van der Waals surface area contributed by atoms with E-state index in [4.69, 9.17) is 4.74 Å². The van der Waals surface area contributed by atoms with Gasteiger partial charge in [0.1, 0.15) is 5.75 Å². The van der Waals surface area contributed by atoms with Gasteiger partial charge in [-0.2, -0.15) is 13.2 Å². The molecule has 1 atom stereocenters. The van der Waals surface area contributed by atoms with Crippen molar-refractivity contribution in [2.24, 2.45) is 0 Å². The van der Waals surface area contributed by atoms with Gasteiger partial charge in [-0.15, -0.1) is 0 Å². The van der Waals surface area contributed by atoms with Crippen LogP contribution in [0, 0.1) is 0 Å². The fraction of sp³-hybridized carbons (Fsp3) is 0.500. The summed E-state index contributed by atoms with van der Waals surface area (Å²) in [6, 6.07) is 6.05. The maximum atomic E-state index is 12.4. The van der Waals surface area contributed by atoms with Crippen molar-refractivity contribution in [1.29, 1.82) is 0 Å². The van der Waals surface area contributed by atoms with Crippen molar-refractivity contribution in [3.8, 4) is 5.75 Å². The highest BCUT2D eigenvalue weighted by Crippen LogP contribution is 2.24. The second-order valence-corrected chi connectivity index (χ2v) is 4.96. The molecule has 0 saturated carbocycles. The first-order chi connectivity index (χ1) is 9.88. The van der Waals surface area contributed by atoms with Gasteiger partial charge in [0.15, 0.2) is 6.61 Å². The molecule has 0 spiro atoms. The SMILES string of the molecule is CN(C(=O)c1ccccc1OCC(F)(F)F)[C@H]1CCNC1. The van der Waals surface area contributed by atoms with Gasteiger partial charge in [0.25, 0.3) is 5.91 Å². The van der Waals surface area contributed by atoms with E-state index in [0.29, 0.717) is 6.54 Å². The number of rotatable bonds is 4. The number of likely N-dealkylation sites (N-methyl/N-ethyl adjacent to an activating group) is 1. The van der Waals surface area contributed by atoms with Gasteiger partial charge >= 0.3 is 6.18 Å². The van der Waals surface area contributed by atoms with E-state index in [2.05, 4.69) is 5.32 Å². The van der Waals surface area contributed by atoms with E-state index in [1.807, 2.05) is 0 Å². The zero-order chi connectivity index (χ0) is 15.5. The molecular weight excluding hydrogens is 285 g/mol. The highest BCUT2D eigenvalue weighted by Gasteiger charge is 2.30. The quantitative estimate of drug-likeness (QED) is 0.925. The molecule has 1 aromatic carbocycles. The molecule has 0 aliphatic carbocycles. The molecule has 2 rings (SSSR count). The van der Waals surface area contributed by atoms with E-state index in [1.165, 1.54) is 12.1 Å². The summed E-state index contributed by atoms with van der Waals surface area (Å²) in [6.07, 6.45) is -3.61. The predicted octanol–water partition coefficient (Wildman–Crippen LogP) is 2.06. The minimum atomic E-state index is -4.43. The normalized spacial score (nSPS) is 18.6. The summed E-state index contributed by atoms with van der Waals surface area (Å²) in [5, 5.41) is 3.15. The molecule has 1 amide bonds. The molecule has 1 aliphatic rings. The van der Waals surface area contributed by atoms with E-state index in [9.17, 15) is 18.0 Å². The molecule has 4 nitrogen and oxygen atoms in total. The van der Waals surface area contributed by atoms with Crippen molar-refractivity contribution in [2.75, 3.05) is 26.7 Å². The minimum Gasteiger partial charge on any atom is -0.483 e. The standard InChI is InChI=1S/C14H17F3N2O2/c1-19(10-6-7-18-8-10)13(20)11-4-2-3-5-12(11)21-9-14(15,16)17/h2-5,10,18H,6-9H2,1H3/t10-/m0/s1. The molecule has 0 unspecified atom stereocenters. The number of hydrogen-bond donors (Lipinski definition) is 1. The van der Waals surface area contributed by atoms with E-state index in [0.717, 1.165) is 13.0 Å². The van der Waals surface area contributed by atoms with Crippen LogP contribution < -0.4 is 10.1 Å². The number of benzene rings is 1. The van der Waals surface area contributed by atoms with Crippen LogP contribution in [0.5, 0.6) is 5.75 Å². The van der Waals surface area contributed by atoms with Crippen LogP contribution in [0.4, 0.5) is 13.2 Å². The van der Waals surface area contributed by atoms with Gasteiger partial charge in [0.2, 0.25) is 0 Å². The third kappa shape index (κ3) is 4.10. The van der Waals surface area contributed by atoms with Crippen LogP contribution >= 0.6 is 0 Å². The second-order valence-electron chi connectivity index (χ2n) is 4.96. The lowest BCUT2D eigenvalue weighted by Crippen LogP contribution is -2.38. The third-order valence-corrected chi connectivity index (χ3v) is 3.41. The lowest BCUT2D eigenvalue weighted by molar-refractivity contribution is -0.153. The van der Waals surface area contributed by atoms with Gasteiger partial charge < -0.3 is 15.0 Å². The summed E-state index contributed by atoms with van der Waals surface area (Å²) in [7, 11) is 1.65. The molecule has 1 fully saturated rings. The fourth-order valence-electron chi connectivity index (χ4n) is 2.25. The Hall–Kier alpha value is -1.76. The number of hydrogen-bond acceptors (Lipinski definition) is 3. The number of carbonyl (C=O) groups excluding carboxylic acids is 1. The van der Waals surface area contributed by atoms with E-state index >= 15 is 0 Å². The first-order valence-electron chi connectivity index (χ1n) is 6.65. The molecule has 1 saturated heterocycles. The molecule has 0 bridgehead atoms. The Morgan fingerprint density at radius 3 is 2.76 bits per heavy atom. The number of alkyl halides is 3. The van der Waals surface area contributed by atoms with Crippen LogP contribution in [-0.2, 0) is 0 Å². The first-order valence-corrected chi connectivity index (χ1v) is 6.65. The van der Waals surface area contributed by atoms with Crippen molar-refractivity contribution >= 4 is 5.91 Å². The van der Waals surface area contributed by atoms with Crippen LogP contribution in [0.15, 0.2) is 24.3 Å². The number of amides is 1. The molecular formula is C14H17F3N2O2. The van der Waals surface area contributed by atoms with Crippen LogP contribution in [0.25, 0.3) is 0 Å². The molecule has 1 aromatic rings. The van der Waals surface area contributed by atoms with Crippen LogP contribution in [0.2, 0.25) is 0 Å². The van der Waals surface area contributed by atoms with Gasteiger partial charge in [0.05, 0.1) is 5.56 Å². The summed E-state index contributed by atoms with van der Waals surface area (Å²) in [4.78, 5) is 14.0. The molecule has 1 heterocycles. The average molecular weight is 302 g/mol. The first kappa shape index (κ1) is 15.6. The number of carbonyl (C=O) groups is 1. The van der Waals surface area contributed by atoms with Gasteiger partial charge in [-0.3, -0.25) is 4.79 Å². The number of ether oxygens (including phenoxy) is 1. The maximum Gasteiger partial charge on any atom is 0.422 e. The van der Waals surface area contributed by atoms with Crippen LogP contribution in [0.1, 0.15) is 16.8 Å². The van der Waals surface area contributed by atoms with Crippen molar-refractivity contribution in [2.45, 2.75) is 18.6 Å². The maximum absolute atomic E-state index is 12.4. The summed E-state index contributed by atoms with van der Waals surface area (Å²) in [6.45, 7) is 0.105.